The van der Waals surface area contributed by atoms with Crippen LogP contribution in [-0.2, 0) is 6.54 Å². The molecule has 0 radical (unpaired) electrons. The number of methoxy groups -OCH3 is 1. The van der Waals surface area contributed by atoms with Gasteiger partial charge in [-0.2, -0.15) is 0 Å². The number of carbonyl (C=O) groups is 1. The molecule has 1 heterocycles. The number of nitrogens with one attached hydrogen (secondary N) is 1. The first-order valence-corrected chi connectivity index (χ1v) is 7.18. The second-order valence-corrected chi connectivity index (χ2v) is 4.93. The van der Waals surface area contributed by atoms with E-state index in [0.29, 0.717) is 12.3 Å². The molecule has 116 valence electrons. The zero-order valence-corrected chi connectivity index (χ0v) is 12.7. The third kappa shape index (κ3) is 3.58. The summed E-state index contributed by atoms with van der Waals surface area (Å²) in [5.74, 6) is 1.06. The van der Waals surface area contributed by atoms with Crippen LogP contribution in [0.25, 0.3) is 11.3 Å². The van der Waals surface area contributed by atoms with Crippen molar-refractivity contribution in [2.24, 2.45) is 0 Å². The Labute approximate surface area is 133 Å². The maximum atomic E-state index is 12.1. The highest BCUT2D eigenvalue weighted by Gasteiger charge is 2.13. The van der Waals surface area contributed by atoms with Gasteiger partial charge in [-0.05, 0) is 17.7 Å². The van der Waals surface area contributed by atoms with Crippen molar-refractivity contribution < 1.29 is 13.9 Å². The van der Waals surface area contributed by atoms with Gasteiger partial charge >= 0.3 is 5.91 Å². The first-order chi connectivity index (χ1) is 11.3. The van der Waals surface area contributed by atoms with Gasteiger partial charge in [0.2, 0.25) is 0 Å². The van der Waals surface area contributed by atoms with E-state index < -0.39 is 0 Å². The van der Waals surface area contributed by atoms with Gasteiger partial charge in [-0.1, -0.05) is 42.5 Å². The van der Waals surface area contributed by atoms with Crippen LogP contribution in [0.15, 0.2) is 65.2 Å². The van der Waals surface area contributed by atoms with Crippen LogP contribution >= 0.6 is 0 Å². The quantitative estimate of drug-likeness (QED) is 0.785. The molecule has 3 rings (SSSR count). The Kier molecular flexibility index (Phi) is 4.38. The second kappa shape index (κ2) is 6.79. The van der Waals surface area contributed by atoms with Crippen LogP contribution in [0, 0.1) is 0 Å². The van der Waals surface area contributed by atoms with Crippen molar-refractivity contribution in [1.82, 2.24) is 10.3 Å². The summed E-state index contributed by atoms with van der Waals surface area (Å²) in [6, 6.07) is 17.0. The number of oxazole rings is 1. The number of hydrogen-bond acceptors (Lipinski definition) is 4. The zero-order valence-electron chi connectivity index (χ0n) is 12.7. The molecule has 23 heavy (non-hydrogen) atoms. The lowest BCUT2D eigenvalue weighted by Crippen LogP contribution is -2.22. The van der Waals surface area contributed by atoms with Crippen molar-refractivity contribution in [3.8, 4) is 17.1 Å². The number of ether oxygens (including phenoxy) is 1. The molecule has 0 unspecified atom stereocenters. The molecular formula is C18H16N2O3. The highest BCUT2D eigenvalue weighted by atomic mass is 16.5. The summed E-state index contributed by atoms with van der Waals surface area (Å²) in [5, 5.41) is 2.78. The summed E-state index contributed by atoms with van der Waals surface area (Å²) in [6.07, 6.45) is 1.55. The molecule has 0 saturated carbocycles. The van der Waals surface area contributed by atoms with Gasteiger partial charge in [0, 0.05) is 12.1 Å². The molecule has 0 spiro atoms. The Bertz CT molecular complexity index is 780. The van der Waals surface area contributed by atoms with E-state index in [2.05, 4.69) is 10.3 Å². The number of benzene rings is 2. The minimum atomic E-state index is -0.344. The third-order valence-electron chi connectivity index (χ3n) is 3.37. The lowest BCUT2D eigenvalue weighted by Gasteiger charge is -2.04. The minimum Gasteiger partial charge on any atom is -0.497 e. The first-order valence-electron chi connectivity index (χ1n) is 7.18. The monoisotopic (exact) mass is 308 g/mol. The number of amides is 1. The molecule has 1 aromatic heterocycles. The molecule has 0 aliphatic rings. The molecule has 5 heteroatoms. The van der Waals surface area contributed by atoms with Crippen molar-refractivity contribution in [2.45, 2.75) is 6.54 Å². The van der Waals surface area contributed by atoms with E-state index >= 15 is 0 Å². The average Bonchev–Trinajstić information content (AvgIpc) is 3.11. The molecule has 0 atom stereocenters. The third-order valence-corrected chi connectivity index (χ3v) is 3.37. The van der Waals surface area contributed by atoms with Crippen LogP contribution in [0.3, 0.4) is 0 Å². The summed E-state index contributed by atoms with van der Waals surface area (Å²) in [5.41, 5.74) is 1.85. The molecule has 3 aromatic rings. The van der Waals surface area contributed by atoms with Crippen LogP contribution in [0.1, 0.15) is 16.2 Å². The fourth-order valence-electron chi connectivity index (χ4n) is 2.12. The lowest BCUT2D eigenvalue weighted by molar-refractivity contribution is 0.0917. The maximum absolute atomic E-state index is 12.1. The summed E-state index contributed by atoms with van der Waals surface area (Å²) < 4.78 is 10.6. The number of aromatic nitrogens is 1. The predicted molar refractivity (Wildman–Crippen MR) is 86.1 cm³/mol. The molecule has 1 N–H and O–H groups in total. The predicted octanol–water partition coefficient (Wildman–Crippen LogP) is 3.28. The van der Waals surface area contributed by atoms with Crippen LogP contribution in [0.5, 0.6) is 5.75 Å². The fraction of sp³-hybridized carbons (Fsp3) is 0.111. The smallest absolute Gasteiger partial charge is 0.307 e. The standard InChI is InChI=1S/C18H16N2O3/c1-22-15-9-7-13(8-10-15)11-19-17(21)18-20-12-16(23-18)14-5-3-2-4-6-14/h2-10,12H,11H2,1H3,(H,19,21). The van der Waals surface area contributed by atoms with Gasteiger partial charge in [0.15, 0.2) is 5.76 Å². The molecule has 0 saturated heterocycles. The zero-order chi connectivity index (χ0) is 16.1. The molecule has 1 amide bonds. The van der Waals surface area contributed by atoms with Crippen LogP contribution in [-0.4, -0.2) is 18.0 Å². The maximum Gasteiger partial charge on any atom is 0.307 e. The summed E-state index contributed by atoms with van der Waals surface area (Å²) >= 11 is 0. The van der Waals surface area contributed by atoms with Gasteiger partial charge in [-0.25, -0.2) is 4.98 Å². The van der Waals surface area contributed by atoms with Gasteiger partial charge in [0.1, 0.15) is 5.75 Å². The normalized spacial score (nSPS) is 10.3. The van der Waals surface area contributed by atoms with Crippen molar-refractivity contribution in [2.75, 3.05) is 7.11 Å². The van der Waals surface area contributed by atoms with E-state index in [4.69, 9.17) is 9.15 Å². The van der Waals surface area contributed by atoms with Gasteiger partial charge in [-0.3, -0.25) is 4.79 Å². The summed E-state index contributed by atoms with van der Waals surface area (Å²) in [7, 11) is 1.61. The Morgan fingerprint density at radius 1 is 1.13 bits per heavy atom. The Morgan fingerprint density at radius 3 is 2.57 bits per heavy atom. The van der Waals surface area contributed by atoms with Crippen molar-refractivity contribution in [3.05, 3.63) is 72.2 Å². The molecule has 2 aromatic carbocycles. The van der Waals surface area contributed by atoms with Crippen LogP contribution in [0.2, 0.25) is 0 Å². The van der Waals surface area contributed by atoms with E-state index in [0.717, 1.165) is 16.9 Å². The minimum absolute atomic E-state index is 0.0531. The Morgan fingerprint density at radius 2 is 1.87 bits per heavy atom. The van der Waals surface area contributed by atoms with E-state index in [9.17, 15) is 4.79 Å². The Hall–Kier alpha value is -3.08. The highest BCUT2D eigenvalue weighted by molar-refractivity contribution is 5.89. The molecule has 0 fully saturated rings. The van der Waals surface area contributed by atoms with E-state index in [-0.39, 0.29) is 11.8 Å². The summed E-state index contributed by atoms with van der Waals surface area (Å²) in [4.78, 5) is 16.1. The molecule has 0 bridgehead atoms. The number of nitrogens with zero attached hydrogens (tertiary/aromatic N) is 1. The van der Waals surface area contributed by atoms with Gasteiger partial charge in [0.05, 0.1) is 13.3 Å². The second-order valence-electron chi connectivity index (χ2n) is 4.93. The molecule has 5 nitrogen and oxygen atoms in total. The SMILES string of the molecule is COc1ccc(CNC(=O)c2ncc(-c3ccccc3)o2)cc1. The highest BCUT2D eigenvalue weighted by Crippen LogP contribution is 2.19. The van der Waals surface area contributed by atoms with Crippen LogP contribution in [0.4, 0.5) is 0 Å². The largest absolute Gasteiger partial charge is 0.497 e. The topological polar surface area (TPSA) is 64.4 Å². The van der Waals surface area contributed by atoms with Crippen molar-refractivity contribution >= 4 is 5.91 Å². The van der Waals surface area contributed by atoms with Crippen molar-refractivity contribution in [1.29, 1.82) is 0 Å². The number of rotatable bonds is 5. The van der Waals surface area contributed by atoms with E-state index in [1.807, 2.05) is 54.6 Å². The first kappa shape index (κ1) is 14.8. The number of hydrogen-bond donors (Lipinski definition) is 1. The van der Waals surface area contributed by atoms with Gasteiger partial charge < -0.3 is 14.5 Å². The molecule has 0 aliphatic carbocycles. The van der Waals surface area contributed by atoms with Crippen molar-refractivity contribution in [3.63, 3.8) is 0 Å². The summed E-state index contributed by atoms with van der Waals surface area (Å²) in [6.45, 7) is 0.395. The van der Waals surface area contributed by atoms with E-state index in [1.165, 1.54) is 0 Å². The van der Waals surface area contributed by atoms with Gasteiger partial charge in [-0.15, -0.1) is 0 Å². The Balaban J connectivity index is 1.63. The lowest BCUT2D eigenvalue weighted by atomic mass is 10.2. The number of carbonyl (C=O) groups excluding carboxylic acids is 1. The molecule has 0 aliphatic heterocycles. The average molecular weight is 308 g/mol. The molecular weight excluding hydrogens is 292 g/mol. The van der Waals surface area contributed by atoms with Crippen LogP contribution < -0.4 is 10.1 Å². The van der Waals surface area contributed by atoms with Gasteiger partial charge in [0.25, 0.3) is 5.89 Å². The van der Waals surface area contributed by atoms with E-state index in [1.54, 1.807) is 13.3 Å². The fourth-order valence-corrected chi connectivity index (χ4v) is 2.12.